The number of hydrogen-bond donors (Lipinski definition) is 1. The Labute approximate surface area is 112 Å². The molecule has 0 aliphatic heterocycles. The number of aromatic nitrogens is 2. The Morgan fingerprint density at radius 3 is 2.82 bits per heavy atom. The summed E-state index contributed by atoms with van der Waals surface area (Å²) < 4.78 is 2.93. The van der Waals surface area contributed by atoms with Crippen molar-refractivity contribution in [3.8, 4) is 0 Å². The van der Waals surface area contributed by atoms with Crippen LogP contribution in [-0.2, 0) is 10.2 Å². The molecule has 0 radical (unpaired) electrons. The first-order chi connectivity index (χ1) is 8.13. The van der Waals surface area contributed by atoms with Crippen LogP contribution in [0, 0.1) is 3.57 Å². The standard InChI is InChI=1S/C12H12IN3O/c13-9-6-15-16-7-8(2-3-10(9)16)12(11(14)17)4-1-5-12/h2-3,6-7H,1,4-5H2,(H2,14,17). The van der Waals surface area contributed by atoms with Gasteiger partial charge in [0.1, 0.15) is 0 Å². The molecule has 2 aromatic heterocycles. The normalized spacial score (nSPS) is 17.9. The molecule has 4 nitrogen and oxygen atoms in total. The summed E-state index contributed by atoms with van der Waals surface area (Å²) in [4.78, 5) is 11.6. The van der Waals surface area contributed by atoms with E-state index in [1.54, 1.807) is 0 Å². The fourth-order valence-electron chi connectivity index (χ4n) is 2.44. The summed E-state index contributed by atoms with van der Waals surface area (Å²) in [5.74, 6) is -0.218. The summed E-state index contributed by atoms with van der Waals surface area (Å²) in [5.41, 5.74) is 7.14. The molecule has 0 spiro atoms. The van der Waals surface area contributed by atoms with Gasteiger partial charge in [0.25, 0.3) is 0 Å². The van der Waals surface area contributed by atoms with Crippen molar-refractivity contribution in [2.24, 2.45) is 5.73 Å². The molecule has 2 aromatic rings. The number of nitrogens with two attached hydrogens (primary N) is 1. The summed E-state index contributed by atoms with van der Waals surface area (Å²) >= 11 is 2.25. The van der Waals surface area contributed by atoms with Gasteiger partial charge in [-0.05, 0) is 47.1 Å². The van der Waals surface area contributed by atoms with Gasteiger partial charge in [0.05, 0.1) is 20.7 Å². The molecule has 17 heavy (non-hydrogen) atoms. The third kappa shape index (κ3) is 1.48. The fraction of sp³-hybridized carbons (Fsp3) is 0.333. The van der Waals surface area contributed by atoms with Gasteiger partial charge in [-0.1, -0.05) is 12.5 Å². The first-order valence-corrected chi connectivity index (χ1v) is 6.65. The number of halogens is 1. The van der Waals surface area contributed by atoms with E-state index in [0.29, 0.717) is 0 Å². The first kappa shape index (κ1) is 11.0. The quantitative estimate of drug-likeness (QED) is 0.848. The number of nitrogens with zero attached hydrogens (tertiary/aromatic N) is 2. The third-order valence-electron chi connectivity index (χ3n) is 3.70. The smallest absolute Gasteiger partial charge is 0.228 e. The predicted molar refractivity (Wildman–Crippen MR) is 72.6 cm³/mol. The maximum Gasteiger partial charge on any atom is 0.228 e. The van der Waals surface area contributed by atoms with Crippen molar-refractivity contribution >= 4 is 34.0 Å². The summed E-state index contributed by atoms with van der Waals surface area (Å²) in [6, 6.07) is 4.01. The van der Waals surface area contributed by atoms with Crippen LogP contribution in [0.2, 0.25) is 0 Å². The Hall–Kier alpha value is -1.11. The lowest BCUT2D eigenvalue weighted by molar-refractivity contribution is -0.126. The van der Waals surface area contributed by atoms with Gasteiger partial charge in [-0.2, -0.15) is 5.10 Å². The van der Waals surface area contributed by atoms with Gasteiger partial charge in [0.15, 0.2) is 0 Å². The second-order valence-corrected chi connectivity index (χ2v) is 5.70. The lowest BCUT2D eigenvalue weighted by atomic mass is 9.64. The predicted octanol–water partition coefficient (Wildman–Crippen LogP) is 1.85. The van der Waals surface area contributed by atoms with Gasteiger partial charge in [0, 0.05) is 6.20 Å². The minimum absolute atomic E-state index is 0.218. The van der Waals surface area contributed by atoms with Gasteiger partial charge in [-0.25, -0.2) is 4.52 Å². The number of pyridine rings is 1. The van der Waals surface area contributed by atoms with Gasteiger partial charge in [-0.3, -0.25) is 4.79 Å². The molecule has 1 fully saturated rings. The van der Waals surface area contributed by atoms with Crippen LogP contribution in [0.5, 0.6) is 0 Å². The number of hydrogen-bond acceptors (Lipinski definition) is 2. The molecule has 0 unspecified atom stereocenters. The number of primary amides is 1. The summed E-state index contributed by atoms with van der Waals surface area (Å²) in [6.07, 6.45) is 6.52. The molecule has 5 heteroatoms. The van der Waals surface area contributed by atoms with E-state index in [1.165, 1.54) is 0 Å². The van der Waals surface area contributed by atoms with E-state index in [4.69, 9.17) is 5.73 Å². The highest BCUT2D eigenvalue weighted by Crippen LogP contribution is 2.43. The number of rotatable bonds is 2. The van der Waals surface area contributed by atoms with Gasteiger partial charge < -0.3 is 5.73 Å². The van der Waals surface area contributed by atoms with E-state index < -0.39 is 5.41 Å². The van der Waals surface area contributed by atoms with Crippen molar-refractivity contribution < 1.29 is 4.79 Å². The van der Waals surface area contributed by atoms with Crippen LogP contribution < -0.4 is 5.73 Å². The van der Waals surface area contributed by atoms with E-state index in [1.807, 2.05) is 29.0 Å². The molecule has 1 aliphatic rings. The zero-order chi connectivity index (χ0) is 12.0. The maximum absolute atomic E-state index is 11.6. The zero-order valence-corrected chi connectivity index (χ0v) is 11.3. The molecular weight excluding hydrogens is 329 g/mol. The molecule has 88 valence electrons. The van der Waals surface area contributed by atoms with Gasteiger partial charge in [0.2, 0.25) is 5.91 Å². The number of carbonyl (C=O) groups is 1. The van der Waals surface area contributed by atoms with E-state index in [2.05, 4.69) is 27.7 Å². The molecule has 1 amide bonds. The van der Waals surface area contributed by atoms with Crippen LogP contribution in [0.3, 0.4) is 0 Å². The van der Waals surface area contributed by atoms with E-state index in [0.717, 1.165) is 33.9 Å². The van der Waals surface area contributed by atoms with E-state index >= 15 is 0 Å². The third-order valence-corrected chi connectivity index (χ3v) is 4.53. The minimum Gasteiger partial charge on any atom is -0.369 e. The lowest BCUT2D eigenvalue weighted by Gasteiger charge is -2.39. The van der Waals surface area contributed by atoms with Crippen LogP contribution in [0.1, 0.15) is 24.8 Å². The molecular formula is C12H12IN3O. The van der Waals surface area contributed by atoms with Crippen molar-refractivity contribution in [3.63, 3.8) is 0 Å². The van der Waals surface area contributed by atoms with Crippen LogP contribution >= 0.6 is 22.6 Å². The highest BCUT2D eigenvalue weighted by atomic mass is 127. The molecule has 0 atom stereocenters. The van der Waals surface area contributed by atoms with Crippen LogP contribution in [0.15, 0.2) is 24.5 Å². The fourth-order valence-corrected chi connectivity index (χ4v) is 3.00. The largest absolute Gasteiger partial charge is 0.369 e. The lowest BCUT2D eigenvalue weighted by Crippen LogP contribution is -2.46. The Balaban J connectivity index is 2.14. The van der Waals surface area contributed by atoms with Crippen molar-refractivity contribution in [2.45, 2.75) is 24.7 Å². The number of fused-ring (bicyclic) bond motifs is 1. The van der Waals surface area contributed by atoms with Crippen LogP contribution in [-0.4, -0.2) is 15.5 Å². The summed E-state index contributed by atoms with van der Waals surface area (Å²) in [6.45, 7) is 0. The highest BCUT2D eigenvalue weighted by molar-refractivity contribution is 14.1. The molecule has 1 saturated carbocycles. The number of carbonyl (C=O) groups excluding carboxylic acids is 1. The average Bonchev–Trinajstić information content (AvgIpc) is 2.58. The average molecular weight is 341 g/mol. The van der Waals surface area contributed by atoms with Crippen molar-refractivity contribution in [1.29, 1.82) is 0 Å². The van der Waals surface area contributed by atoms with Gasteiger partial charge in [-0.15, -0.1) is 0 Å². The topological polar surface area (TPSA) is 60.4 Å². The second-order valence-electron chi connectivity index (χ2n) is 4.54. The summed E-state index contributed by atoms with van der Waals surface area (Å²) in [5, 5.41) is 4.27. The second kappa shape index (κ2) is 3.69. The molecule has 2 heterocycles. The Kier molecular flexibility index (Phi) is 2.39. The Morgan fingerprint density at radius 2 is 2.24 bits per heavy atom. The van der Waals surface area contributed by atoms with Crippen molar-refractivity contribution in [1.82, 2.24) is 9.61 Å². The zero-order valence-electron chi connectivity index (χ0n) is 9.19. The molecule has 0 bridgehead atoms. The molecule has 2 N–H and O–H groups in total. The van der Waals surface area contributed by atoms with Crippen molar-refractivity contribution in [2.75, 3.05) is 0 Å². The van der Waals surface area contributed by atoms with Crippen LogP contribution in [0.4, 0.5) is 0 Å². The molecule has 0 saturated heterocycles. The summed E-state index contributed by atoms with van der Waals surface area (Å²) in [7, 11) is 0. The SMILES string of the molecule is NC(=O)C1(c2ccc3c(I)cnn3c2)CCC1. The first-order valence-electron chi connectivity index (χ1n) is 5.57. The molecule has 0 aromatic carbocycles. The van der Waals surface area contributed by atoms with Crippen molar-refractivity contribution in [3.05, 3.63) is 33.7 Å². The number of amides is 1. The Bertz CT molecular complexity index is 601. The monoisotopic (exact) mass is 341 g/mol. The molecule has 1 aliphatic carbocycles. The minimum atomic E-state index is -0.453. The van der Waals surface area contributed by atoms with Crippen LogP contribution in [0.25, 0.3) is 5.52 Å². The van der Waals surface area contributed by atoms with Gasteiger partial charge >= 0.3 is 0 Å². The van der Waals surface area contributed by atoms with E-state index in [-0.39, 0.29) is 5.91 Å². The highest BCUT2D eigenvalue weighted by Gasteiger charge is 2.44. The van der Waals surface area contributed by atoms with E-state index in [9.17, 15) is 4.79 Å². The molecule has 3 rings (SSSR count). The Morgan fingerprint density at radius 1 is 1.47 bits per heavy atom. The maximum atomic E-state index is 11.6.